The van der Waals surface area contributed by atoms with Gasteiger partial charge in [0.05, 0.1) is 12.7 Å². The number of rotatable bonds is 6. The maximum Gasteiger partial charge on any atom is 0.0808 e. The van der Waals surface area contributed by atoms with E-state index >= 15 is 0 Å². The highest BCUT2D eigenvalue weighted by atomic mass is 79.9. The molecular weight excluding hydrogens is 232 g/mol. The van der Waals surface area contributed by atoms with Gasteiger partial charge in [0, 0.05) is 18.5 Å². The Bertz CT molecular complexity index is 113. The van der Waals surface area contributed by atoms with Crippen LogP contribution < -0.4 is 0 Å². The molecule has 0 spiro atoms. The van der Waals surface area contributed by atoms with Crippen LogP contribution in [0.3, 0.4) is 0 Å². The Labute approximate surface area is 89.1 Å². The summed E-state index contributed by atoms with van der Waals surface area (Å²) in [7, 11) is 0. The van der Waals surface area contributed by atoms with Gasteiger partial charge in [-0.1, -0.05) is 15.9 Å². The van der Waals surface area contributed by atoms with Gasteiger partial charge in [-0.25, -0.2) is 0 Å². The largest absolute Gasteiger partial charge is 0.379 e. The van der Waals surface area contributed by atoms with Gasteiger partial charge in [-0.2, -0.15) is 0 Å². The molecule has 1 fully saturated rings. The molecule has 0 bridgehead atoms. The number of hydrogen-bond donors (Lipinski definition) is 0. The van der Waals surface area contributed by atoms with Crippen molar-refractivity contribution < 1.29 is 9.47 Å². The minimum Gasteiger partial charge on any atom is -0.379 e. The Morgan fingerprint density at radius 3 is 2.92 bits per heavy atom. The number of alkyl halides is 1. The zero-order valence-corrected chi connectivity index (χ0v) is 9.72. The predicted octanol–water partition coefficient (Wildman–Crippen LogP) is 2.75. The monoisotopic (exact) mass is 250 g/mol. The Morgan fingerprint density at radius 2 is 2.23 bits per heavy atom. The zero-order valence-electron chi connectivity index (χ0n) is 8.14. The third-order valence-corrected chi connectivity index (χ3v) is 2.81. The summed E-state index contributed by atoms with van der Waals surface area (Å²) in [5.41, 5.74) is 0. The summed E-state index contributed by atoms with van der Waals surface area (Å²) >= 11 is 3.40. The molecule has 1 atom stereocenters. The lowest BCUT2D eigenvalue weighted by Crippen LogP contribution is -2.24. The molecule has 0 aliphatic carbocycles. The molecule has 1 saturated heterocycles. The first-order valence-corrected chi connectivity index (χ1v) is 6.31. The second kappa shape index (κ2) is 7.77. The van der Waals surface area contributed by atoms with E-state index in [4.69, 9.17) is 9.47 Å². The molecule has 1 heterocycles. The summed E-state index contributed by atoms with van der Waals surface area (Å²) in [6.45, 7) is 2.60. The van der Waals surface area contributed by atoms with Crippen LogP contribution in [0, 0.1) is 0 Å². The Hall–Kier alpha value is 0.400. The van der Waals surface area contributed by atoms with Crippen molar-refractivity contribution in [3.8, 4) is 0 Å². The summed E-state index contributed by atoms with van der Waals surface area (Å²) < 4.78 is 11.1. The van der Waals surface area contributed by atoms with Crippen LogP contribution in [0.25, 0.3) is 0 Å². The molecule has 78 valence electrons. The van der Waals surface area contributed by atoms with Gasteiger partial charge in [-0.3, -0.25) is 0 Å². The van der Waals surface area contributed by atoms with Crippen LogP contribution in [0.2, 0.25) is 0 Å². The maximum atomic E-state index is 5.55. The third-order valence-electron chi connectivity index (χ3n) is 2.25. The van der Waals surface area contributed by atoms with Crippen molar-refractivity contribution in [2.45, 2.75) is 38.2 Å². The van der Waals surface area contributed by atoms with E-state index in [1.807, 2.05) is 0 Å². The molecule has 1 aliphatic heterocycles. The van der Waals surface area contributed by atoms with E-state index in [1.165, 1.54) is 25.7 Å². The number of ether oxygens (including phenoxy) is 2. The molecule has 13 heavy (non-hydrogen) atoms. The molecule has 1 aliphatic rings. The maximum absolute atomic E-state index is 5.55. The van der Waals surface area contributed by atoms with Crippen molar-refractivity contribution in [1.82, 2.24) is 0 Å². The summed E-state index contributed by atoms with van der Waals surface area (Å²) in [6, 6.07) is 0. The first-order valence-electron chi connectivity index (χ1n) is 5.19. The lowest BCUT2D eigenvalue weighted by molar-refractivity contribution is -0.0409. The lowest BCUT2D eigenvalue weighted by Gasteiger charge is -2.22. The van der Waals surface area contributed by atoms with E-state index in [-0.39, 0.29) is 0 Å². The molecule has 0 aromatic rings. The Balaban J connectivity index is 1.86. The van der Waals surface area contributed by atoms with Gasteiger partial charge in [0.15, 0.2) is 0 Å². The molecule has 0 aromatic carbocycles. The van der Waals surface area contributed by atoms with E-state index in [0.717, 1.165) is 31.6 Å². The fourth-order valence-corrected chi connectivity index (χ4v) is 1.85. The van der Waals surface area contributed by atoms with E-state index in [0.29, 0.717) is 6.10 Å². The summed E-state index contributed by atoms with van der Waals surface area (Å²) in [5.74, 6) is 0. The molecular formula is C10H19BrO2. The van der Waals surface area contributed by atoms with Crippen LogP contribution in [-0.4, -0.2) is 31.3 Å². The van der Waals surface area contributed by atoms with Crippen LogP contribution >= 0.6 is 15.9 Å². The number of unbranched alkanes of at least 4 members (excludes halogenated alkanes) is 1. The lowest BCUT2D eigenvalue weighted by atomic mass is 10.1. The predicted molar refractivity (Wildman–Crippen MR) is 57.4 cm³/mol. The van der Waals surface area contributed by atoms with E-state index in [9.17, 15) is 0 Å². The van der Waals surface area contributed by atoms with Crippen LogP contribution in [0.4, 0.5) is 0 Å². The van der Waals surface area contributed by atoms with E-state index in [1.54, 1.807) is 0 Å². The second-order valence-electron chi connectivity index (χ2n) is 3.46. The van der Waals surface area contributed by atoms with Crippen molar-refractivity contribution in [1.29, 1.82) is 0 Å². The van der Waals surface area contributed by atoms with Crippen LogP contribution in [0.5, 0.6) is 0 Å². The highest BCUT2D eigenvalue weighted by Crippen LogP contribution is 2.12. The molecule has 0 aromatic heterocycles. The molecule has 3 heteroatoms. The van der Waals surface area contributed by atoms with Crippen LogP contribution in [0.15, 0.2) is 0 Å². The summed E-state index contributed by atoms with van der Waals surface area (Å²) in [4.78, 5) is 0. The number of halogens is 1. The topological polar surface area (TPSA) is 18.5 Å². The van der Waals surface area contributed by atoms with Crippen molar-refractivity contribution in [2.75, 3.05) is 25.2 Å². The molecule has 0 radical (unpaired) electrons. The van der Waals surface area contributed by atoms with E-state index in [2.05, 4.69) is 15.9 Å². The van der Waals surface area contributed by atoms with Crippen molar-refractivity contribution >= 4 is 15.9 Å². The smallest absolute Gasteiger partial charge is 0.0808 e. The van der Waals surface area contributed by atoms with Gasteiger partial charge in [0.2, 0.25) is 0 Å². The summed E-state index contributed by atoms with van der Waals surface area (Å²) in [5, 5.41) is 1.08. The fraction of sp³-hybridized carbons (Fsp3) is 1.00. The first kappa shape index (κ1) is 11.5. The van der Waals surface area contributed by atoms with Crippen molar-refractivity contribution in [3.05, 3.63) is 0 Å². The Kier molecular flexibility index (Phi) is 6.86. The van der Waals surface area contributed by atoms with Gasteiger partial charge in [0.1, 0.15) is 0 Å². The van der Waals surface area contributed by atoms with Gasteiger partial charge in [0.25, 0.3) is 0 Å². The van der Waals surface area contributed by atoms with Crippen LogP contribution in [-0.2, 0) is 9.47 Å². The highest BCUT2D eigenvalue weighted by molar-refractivity contribution is 9.09. The number of hydrogen-bond acceptors (Lipinski definition) is 2. The highest BCUT2D eigenvalue weighted by Gasteiger charge is 2.13. The summed E-state index contributed by atoms with van der Waals surface area (Å²) in [6.07, 6.45) is 6.43. The first-order chi connectivity index (χ1) is 6.43. The van der Waals surface area contributed by atoms with E-state index < -0.39 is 0 Å². The molecule has 1 rings (SSSR count). The standard InChI is InChI=1S/C10H19BrO2/c11-6-2-4-7-12-9-10-5-1-3-8-13-10/h10H,1-9H2. The van der Waals surface area contributed by atoms with Crippen molar-refractivity contribution in [3.63, 3.8) is 0 Å². The van der Waals surface area contributed by atoms with Gasteiger partial charge in [-0.15, -0.1) is 0 Å². The van der Waals surface area contributed by atoms with Gasteiger partial charge >= 0.3 is 0 Å². The minimum absolute atomic E-state index is 0.373. The second-order valence-corrected chi connectivity index (χ2v) is 4.25. The third kappa shape index (κ3) is 5.66. The minimum atomic E-state index is 0.373. The zero-order chi connectivity index (χ0) is 9.36. The van der Waals surface area contributed by atoms with Crippen molar-refractivity contribution in [2.24, 2.45) is 0 Å². The molecule has 1 unspecified atom stereocenters. The molecule has 2 nitrogen and oxygen atoms in total. The average Bonchev–Trinajstić information content (AvgIpc) is 2.19. The van der Waals surface area contributed by atoms with Gasteiger partial charge in [-0.05, 0) is 32.1 Å². The van der Waals surface area contributed by atoms with Gasteiger partial charge < -0.3 is 9.47 Å². The van der Waals surface area contributed by atoms with Crippen LogP contribution in [0.1, 0.15) is 32.1 Å². The average molecular weight is 251 g/mol. The fourth-order valence-electron chi connectivity index (χ4n) is 1.45. The SMILES string of the molecule is BrCCCCOCC1CCCCO1. The normalized spacial score (nSPS) is 23.3. The molecule has 0 N–H and O–H groups in total. The molecule has 0 saturated carbocycles. The molecule has 0 amide bonds. The quantitative estimate of drug-likeness (QED) is 0.533. The Morgan fingerprint density at radius 1 is 1.31 bits per heavy atom.